The number of amides is 4. The maximum atomic E-state index is 12.4. The SMILES string of the molecule is CN(C)C(=O)CCCN1C(=O)NC2(CCNCC2)C1=O. The van der Waals surface area contributed by atoms with E-state index in [4.69, 9.17) is 0 Å². The molecule has 20 heavy (non-hydrogen) atoms. The molecule has 2 aliphatic rings. The molecule has 0 aromatic carbocycles. The largest absolute Gasteiger partial charge is 0.349 e. The van der Waals surface area contributed by atoms with E-state index in [9.17, 15) is 14.4 Å². The van der Waals surface area contributed by atoms with Crippen LogP contribution in [-0.2, 0) is 9.59 Å². The van der Waals surface area contributed by atoms with Gasteiger partial charge >= 0.3 is 6.03 Å². The molecule has 2 fully saturated rings. The van der Waals surface area contributed by atoms with E-state index in [1.54, 1.807) is 14.1 Å². The van der Waals surface area contributed by atoms with Crippen LogP contribution >= 0.6 is 0 Å². The summed E-state index contributed by atoms with van der Waals surface area (Å²) >= 11 is 0. The molecular formula is C13H22N4O3. The van der Waals surface area contributed by atoms with Gasteiger partial charge in [0.1, 0.15) is 5.54 Å². The molecule has 2 heterocycles. The van der Waals surface area contributed by atoms with Gasteiger partial charge in [-0.3, -0.25) is 14.5 Å². The van der Waals surface area contributed by atoms with Crippen LogP contribution in [0, 0.1) is 0 Å². The van der Waals surface area contributed by atoms with Crippen molar-refractivity contribution in [3.05, 3.63) is 0 Å². The monoisotopic (exact) mass is 282 g/mol. The molecule has 7 nitrogen and oxygen atoms in total. The number of imide groups is 1. The van der Waals surface area contributed by atoms with Crippen LogP contribution in [0.15, 0.2) is 0 Å². The Morgan fingerprint density at radius 2 is 1.95 bits per heavy atom. The van der Waals surface area contributed by atoms with Crippen molar-refractivity contribution in [3.8, 4) is 0 Å². The average molecular weight is 282 g/mol. The summed E-state index contributed by atoms with van der Waals surface area (Å²) in [6.07, 6.45) is 2.11. The second kappa shape index (κ2) is 5.78. The topological polar surface area (TPSA) is 81.8 Å². The summed E-state index contributed by atoms with van der Waals surface area (Å²) < 4.78 is 0. The third kappa shape index (κ3) is 2.77. The first-order valence-electron chi connectivity index (χ1n) is 7.01. The minimum atomic E-state index is -0.714. The van der Waals surface area contributed by atoms with Crippen molar-refractivity contribution in [2.24, 2.45) is 0 Å². The fraction of sp³-hybridized carbons (Fsp3) is 0.769. The average Bonchev–Trinajstić information content (AvgIpc) is 2.63. The number of carbonyl (C=O) groups excluding carboxylic acids is 3. The number of urea groups is 1. The fourth-order valence-corrected chi connectivity index (χ4v) is 2.68. The Hall–Kier alpha value is -1.63. The number of nitrogens with one attached hydrogen (secondary N) is 2. The summed E-state index contributed by atoms with van der Waals surface area (Å²) in [6.45, 7) is 1.78. The molecule has 2 N–H and O–H groups in total. The molecule has 7 heteroatoms. The van der Waals surface area contributed by atoms with E-state index >= 15 is 0 Å². The highest BCUT2D eigenvalue weighted by atomic mass is 16.2. The summed E-state index contributed by atoms with van der Waals surface area (Å²) in [7, 11) is 3.39. The zero-order valence-corrected chi connectivity index (χ0v) is 12.1. The van der Waals surface area contributed by atoms with E-state index in [0.717, 1.165) is 13.1 Å². The molecule has 2 saturated heterocycles. The van der Waals surface area contributed by atoms with Gasteiger partial charge in [0.25, 0.3) is 5.91 Å². The minimum absolute atomic E-state index is 0.00799. The molecule has 1 spiro atoms. The highest BCUT2D eigenvalue weighted by Crippen LogP contribution is 2.27. The lowest BCUT2D eigenvalue weighted by atomic mass is 9.88. The first kappa shape index (κ1) is 14.8. The summed E-state index contributed by atoms with van der Waals surface area (Å²) in [5.74, 6) is -0.130. The quantitative estimate of drug-likeness (QED) is 0.683. The van der Waals surface area contributed by atoms with Gasteiger partial charge in [-0.25, -0.2) is 4.79 Å². The third-order valence-electron chi connectivity index (χ3n) is 3.97. The first-order valence-corrected chi connectivity index (χ1v) is 7.01. The van der Waals surface area contributed by atoms with E-state index in [1.165, 1.54) is 9.80 Å². The minimum Gasteiger partial charge on any atom is -0.349 e. The molecule has 2 rings (SSSR count). The van der Waals surface area contributed by atoms with Gasteiger partial charge in [0, 0.05) is 27.1 Å². The van der Waals surface area contributed by atoms with E-state index in [-0.39, 0.29) is 17.8 Å². The molecule has 0 saturated carbocycles. The van der Waals surface area contributed by atoms with Crippen LogP contribution in [0.25, 0.3) is 0 Å². The van der Waals surface area contributed by atoms with Crippen molar-refractivity contribution in [3.63, 3.8) is 0 Å². The standard InChI is InChI=1S/C13H22N4O3/c1-16(2)10(18)4-3-9-17-11(19)13(15-12(17)20)5-7-14-8-6-13/h14H,3-9H2,1-2H3,(H,15,20). The highest BCUT2D eigenvalue weighted by molar-refractivity contribution is 6.07. The Morgan fingerprint density at radius 1 is 1.30 bits per heavy atom. The predicted octanol–water partition coefficient (Wildman–Crippen LogP) is -0.471. The van der Waals surface area contributed by atoms with E-state index < -0.39 is 5.54 Å². The number of hydrogen-bond acceptors (Lipinski definition) is 4. The van der Waals surface area contributed by atoms with Crippen molar-refractivity contribution in [1.82, 2.24) is 20.4 Å². The van der Waals surface area contributed by atoms with Crippen LogP contribution in [0.2, 0.25) is 0 Å². The number of piperidine rings is 1. The molecule has 0 bridgehead atoms. The van der Waals surface area contributed by atoms with Gasteiger partial charge in [0.2, 0.25) is 5.91 Å². The molecule has 112 valence electrons. The predicted molar refractivity (Wildman–Crippen MR) is 73.0 cm³/mol. The van der Waals surface area contributed by atoms with Gasteiger partial charge in [-0.15, -0.1) is 0 Å². The molecule has 0 radical (unpaired) electrons. The van der Waals surface area contributed by atoms with Crippen LogP contribution in [0.4, 0.5) is 4.79 Å². The van der Waals surface area contributed by atoms with Gasteiger partial charge in [-0.2, -0.15) is 0 Å². The van der Waals surface area contributed by atoms with Gasteiger partial charge in [0.15, 0.2) is 0 Å². The highest BCUT2D eigenvalue weighted by Gasteiger charge is 2.50. The summed E-state index contributed by atoms with van der Waals surface area (Å²) in [5.41, 5.74) is -0.714. The van der Waals surface area contributed by atoms with Crippen LogP contribution in [0.5, 0.6) is 0 Å². The Bertz CT molecular complexity index is 416. The lowest BCUT2D eigenvalue weighted by molar-refractivity contribution is -0.133. The Balaban J connectivity index is 1.91. The summed E-state index contributed by atoms with van der Waals surface area (Å²) in [4.78, 5) is 38.6. The van der Waals surface area contributed by atoms with Gasteiger partial charge in [-0.05, 0) is 32.4 Å². The van der Waals surface area contributed by atoms with Gasteiger partial charge in [0.05, 0.1) is 0 Å². The van der Waals surface area contributed by atoms with E-state index in [1.807, 2.05) is 0 Å². The molecule has 4 amide bonds. The maximum Gasteiger partial charge on any atom is 0.325 e. The molecule has 0 aromatic heterocycles. The van der Waals surface area contributed by atoms with Crippen molar-refractivity contribution in [1.29, 1.82) is 0 Å². The molecule has 0 atom stereocenters. The fourth-order valence-electron chi connectivity index (χ4n) is 2.68. The Labute approximate surface area is 118 Å². The van der Waals surface area contributed by atoms with E-state index in [0.29, 0.717) is 32.2 Å². The zero-order valence-electron chi connectivity index (χ0n) is 12.1. The maximum absolute atomic E-state index is 12.4. The Morgan fingerprint density at radius 3 is 2.55 bits per heavy atom. The number of carbonyl (C=O) groups is 3. The molecule has 0 aromatic rings. The first-order chi connectivity index (χ1) is 9.46. The Kier molecular flexibility index (Phi) is 4.27. The third-order valence-corrected chi connectivity index (χ3v) is 3.97. The normalized spacial score (nSPS) is 21.2. The lowest BCUT2D eigenvalue weighted by Crippen LogP contribution is -2.53. The number of hydrogen-bond donors (Lipinski definition) is 2. The van der Waals surface area contributed by atoms with Crippen LogP contribution in [0.3, 0.4) is 0 Å². The molecule has 0 aliphatic carbocycles. The second-order valence-corrected chi connectivity index (χ2v) is 5.61. The summed E-state index contributed by atoms with van der Waals surface area (Å²) in [5, 5.41) is 6.02. The van der Waals surface area contributed by atoms with Gasteiger partial charge in [-0.1, -0.05) is 0 Å². The summed E-state index contributed by atoms with van der Waals surface area (Å²) in [6, 6.07) is -0.325. The lowest BCUT2D eigenvalue weighted by Gasteiger charge is -2.31. The zero-order chi connectivity index (χ0) is 14.8. The smallest absolute Gasteiger partial charge is 0.325 e. The van der Waals surface area contributed by atoms with Crippen molar-refractivity contribution in [2.45, 2.75) is 31.2 Å². The van der Waals surface area contributed by atoms with Crippen LogP contribution < -0.4 is 10.6 Å². The van der Waals surface area contributed by atoms with Gasteiger partial charge < -0.3 is 15.5 Å². The molecule has 2 aliphatic heterocycles. The van der Waals surface area contributed by atoms with Crippen molar-refractivity contribution in [2.75, 3.05) is 33.7 Å². The second-order valence-electron chi connectivity index (χ2n) is 5.61. The van der Waals surface area contributed by atoms with Crippen LogP contribution in [-0.4, -0.2) is 66.9 Å². The number of nitrogens with zero attached hydrogens (tertiary/aromatic N) is 2. The van der Waals surface area contributed by atoms with Crippen molar-refractivity contribution >= 4 is 17.8 Å². The molecular weight excluding hydrogens is 260 g/mol. The van der Waals surface area contributed by atoms with Crippen LogP contribution in [0.1, 0.15) is 25.7 Å². The van der Waals surface area contributed by atoms with Crippen molar-refractivity contribution < 1.29 is 14.4 Å². The molecule has 0 unspecified atom stereocenters. The number of rotatable bonds is 4. The van der Waals surface area contributed by atoms with E-state index in [2.05, 4.69) is 10.6 Å².